The predicted octanol–water partition coefficient (Wildman–Crippen LogP) is 3.84. The van der Waals surface area contributed by atoms with Crippen molar-refractivity contribution in [3.05, 3.63) is 66.4 Å². The molecular weight excluding hydrogens is 333 g/mol. The van der Waals surface area contributed by atoms with Crippen molar-refractivity contribution in [3.8, 4) is 11.4 Å². The van der Waals surface area contributed by atoms with Crippen molar-refractivity contribution < 1.29 is 9.18 Å². The summed E-state index contributed by atoms with van der Waals surface area (Å²) < 4.78 is 15.7. The van der Waals surface area contributed by atoms with Crippen LogP contribution in [0.15, 0.2) is 54.9 Å². The average Bonchev–Trinajstić information content (AvgIpc) is 3.29. The van der Waals surface area contributed by atoms with E-state index in [1.807, 2.05) is 29.7 Å². The Morgan fingerprint density at radius 2 is 2.08 bits per heavy atom. The molecule has 0 spiro atoms. The van der Waals surface area contributed by atoms with Crippen molar-refractivity contribution in [2.75, 3.05) is 5.32 Å². The number of hydrogen-bond donors (Lipinski definition) is 2. The van der Waals surface area contributed by atoms with Crippen molar-refractivity contribution in [2.45, 2.75) is 13.5 Å². The van der Waals surface area contributed by atoms with Gasteiger partial charge in [0.1, 0.15) is 17.8 Å². The molecule has 0 aliphatic heterocycles. The Hall–Kier alpha value is -3.48. The minimum absolute atomic E-state index is 0.289. The minimum Gasteiger partial charge on any atom is -0.350 e. The van der Waals surface area contributed by atoms with Crippen LogP contribution in [0, 0.1) is 5.82 Å². The molecule has 0 radical (unpaired) electrons. The fourth-order valence-corrected chi connectivity index (χ4v) is 2.91. The summed E-state index contributed by atoms with van der Waals surface area (Å²) in [5.74, 6) is -0.0454. The summed E-state index contributed by atoms with van der Waals surface area (Å²) in [6.07, 6.45) is 1.65. The summed E-state index contributed by atoms with van der Waals surface area (Å²) in [6.45, 7) is 2.71. The second kappa shape index (κ2) is 6.44. The van der Waals surface area contributed by atoms with Gasteiger partial charge in [-0.15, -0.1) is 10.2 Å². The molecular formula is C19H16FN5O. The number of hydrogen-bond acceptors (Lipinski definition) is 3. The maximum Gasteiger partial charge on any atom is 0.272 e. The van der Waals surface area contributed by atoms with Crippen LogP contribution in [0.3, 0.4) is 0 Å². The third-order valence-electron chi connectivity index (χ3n) is 4.23. The highest BCUT2D eigenvalue weighted by Crippen LogP contribution is 2.27. The van der Waals surface area contributed by atoms with Crippen LogP contribution >= 0.6 is 0 Å². The molecule has 0 saturated heterocycles. The Kier molecular flexibility index (Phi) is 3.96. The van der Waals surface area contributed by atoms with Crippen LogP contribution in [0.5, 0.6) is 0 Å². The Morgan fingerprint density at radius 3 is 2.88 bits per heavy atom. The number of amides is 1. The lowest BCUT2D eigenvalue weighted by Crippen LogP contribution is -2.13. The van der Waals surface area contributed by atoms with Crippen LogP contribution in [-0.2, 0) is 6.54 Å². The van der Waals surface area contributed by atoms with E-state index in [0.29, 0.717) is 29.0 Å². The summed E-state index contributed by atoms with van der Waals surface area (Å²) in [5, 5.41) is 11.3. The molecule has 4 rings (SSSR count). The van der Waals surface area contributed by atoms with Crippen molar-refractivity contribution in [3.63, 3.8) is 0 Å². The number of aryl methyl sites for hydroxylation is 1. The molecule has 0 atom stereocenters. The van der Waals surface area contributed by atoms with E-state index in [0.717, 1.165) is 5.56 Å². The van der Waals surface area contributed by atoms with E-state index in [1.54, 1.807) is 24.5 Å². The Bertz CT molecular complexity index is 1100. The van der Waals surface area contributed by atoms with Gasteiger partial charge in [0, 0.05) is 23.0 Å². The number of fused-ring (bicyclic) bond motifs is 1. The number of nitrogens with one attached hydrogen (secondary N) is 2. The summed E-state index contributed by atoms with van der Waals surface area (Å²) >= 11 is 0. The number of benzene rings is 2. The van der Waals surface area contributed by atoms with Crippen LogP contribution in [0.4, 0.5) is 10.1 Å². The van der Waals surface area contributed by atoms with Crippen LogP contribution in [0.25, 0.3) is 22.3 Å². The summed E-state index contributed by atoms with van der Waals surface area (Å²) in [5.41, 5.74) is 2.24. The lowest BCUT2D eigenvalue weighted by molar-refractivity contribution is 0.102. The molecule has 2 N–H and O–H groups in total. The average molecular weight is 349 g/mol. The number of carbonyl (C=O) groups is 1. The highest BCUT2D eigenvalue weighted by atomic mass is 19.1. The van der Waals surface area contributed by atoms with Gasteiger partial charge in [0.05, 0.1) is 5.69 Å². The second-order valence-corrected chi connectivity index (χ2v) is 5.82. The van der Waals surface area contributed by atoms with Crippen LogP contribution in [-0.4, -0.2) is 25.7 Å². The van der Waals surface area contributed by atoms with Crippen molar-refractivity contribution in [1.82, 2.24) is 19.7 Å². The van der Waals surface area contributed by atoms with Crippen LogP contribution in [0.2, 0.25) is 0 Å². The van der Waals surface area contributed by atoms with Crippen LogP contribution < -0.4 is 5.32 Å². The van der Waals surface area contributed by atoms with Gasteiger partial charge in [-0.25, -0.2) is 4.39 Å². The third-order valence-corrected chi connectivity index (χ3v) is 4.23. The van der Waals surface area contributed by atoms with E-state index >= 15 is 0 Å². The van der Waals surface area contributed by atoms with Crippen LogP contribution in [0.1, 0.15) is 17.4 Å². The maximum atomic E-state index is 13.9. The van der Waals surface area contributed by atoms with Gasteiger partial charge in [-0.1, -0.05) is 18.2 Å². The number of H-pyrrole nitrogens is 1. The standard InChI is InChI=1S/C19H16FN5O/c1-2-25-11-21-24-18(25)12-6-3-4-8-15(12)23-19(26)17-10-13-14(20)7-5-9-16(13)22-17/h3-11,22H,2H2,1H3,(H,23,26). The molecule has 7 heteroatoms. The number of anilines is 1. The van der Waals surface area contributed by atoms with E-state index in [4.69, 9.17) is 0 Å². The predicted molar refractivity (Wildman–Crippen MR) is 97.3 cm³/mol. The largest absolute Gasteiger partial charge is 0.350 e. The zero-order chi connectivity index (χ0) is 18.1. The monoisotopic (exact) mass is 349 g/mol. The molecule has 26 heavy (non-hydrogen) atoms. The fraction of sp³-hybridized carbons (Fsp3) is 0.105. The SMILES string of the molecule is CCn1cnnc1-c1ccccc1NC(=O)c1cc2c(F)cccc2[nH]1. The fourth-order valence-electron chi connectivity index (χ4n) is 2.91. The van der Waals surface area contributed by atoms with E-state index in [9.17, 15) is 9.18 Å². The first-order valence-electron chi connectivity index (χ1n) is 8.23. The molecule has 2 heterocycles. The molecule has 2 aromatic carbocycles. The number of para-hydroxylation sites is 1. The number of halogens is 1. The maximum absolute atomic E-state index is 13.9. The highest BCUT2D eigenvalue weighted by Gasteiger charge is 2.16. The summed E-state index contributed by atoms with van der Waals surface area (Å²) in [7, 11) is 0. The smallest absolute Gasteiger partial charge is 0.272 e. The van der Waals surface area contributed by atoms with Gasteiger partial charge in [0.2, 0.25) is 0 Å². The first-order chi connectivity index (χ1) is 12.7. The van der Waals surface area contributed by atoms with Crippen molar-refractivity contribution in [2.24, 2.45) is 0 Å². The van der Waals surface area contributed by atoms with Crippen molar-refractivity contribution >= 4 is 22.5 Å². The zero-order valence-electron chi connectivity index (χ0n) is 14.0. The quantitative estimate of drug-likeness (QED) is 0.588. The first-order valence-corrected chi connectivity index (χ1v) is 8.23. The third kappa shape index (κ3) is 2.73. The zero-order valence-corrected chi connectivity index (χ0v) is 14.0. The number of aromatic nitrogens is 4. The summed E-state index contributed by atoms with van der Waals surface area (Å²) in [6, 6.07) is 13.6. The van der Waals surface area contributed by atoms with Gasteiger partial charge in [0.15, 0.2) is 5.82 Å². The van der Waals surface area contributed by atoms with Gasteiger partial charge >= 0.3 is 0 Å². The molecule has 0 aliphatic rings. The second-order valence-electron chi connectivity index (χ2n) is 5.82. The molecule has 0 bridgehead atoms. The molecule has 2 aromatic heterocycles. The van der Waals surface area contributed by atoms with E-state index in [1.165, 1.54) is 12.1 Å². The molecule has 0 saturated carbocycles. The number of nitrogens with zero attached hydrogens (tertiary/aromatic N) is 3. The van der Waals surface area contributed by atoms with Gasteiger partial charge in [-0.05, 0) is 37.3 Å². The molecule has 130 valence electrons. The number of carbonyl (C=O) groups excluding carboxylic acids is 1. The number of aromatic amines is 1. The van der Waals surface area contributed by atoms with Gasteiger partial charge < -0.3 is 14.9 Å². The normalized spacial score (nSPS) is 11.0. The molecule has 4 aromatic rings. The molecule has 6 nitrogen and oxygen atoms in total. The lowest BCUT2D eigenvalue weighted by atomic mass is 10.1. The first kappa shape index (κ1) is 16.0. The Morgan fingerprint density at radius 1 is 1.23 bits per heavy atom. The van der Waals surface area contributed by atoms with Crippen molar-refractivity contribution in [1.29, 1.82) is 0 Å². The topological polar surface area (TPSA) is 75.6 Å². The Balaban J connectivity index is 1.69. The molecule has 0 aliphatic carbocycles. The van der Waals surface area contributed by atoms with E-state index in [2.05, 4.69) is 20.5 Å². The van der Waals surface area contributed by atoms with E-state index < -0.39 is 0 Å². The molecule has 1 amide bonds. The lowest BCUT2D eigenvalue weighted by Gasteiger charge is -2.10. The highest BCUT2D eigenvalue weighted by molar-refractivity contribution is 6.07. The van der Waals surface area contributed by atoms with Gasteiger partial charge in [-0.3, -0.25) is 4.79 Å². The molecule has 0 fully saturated rings. The van der Waals surface area contributed by atoms with Gasteiger partial charge in [0.25, 0.3) is 5.91 Å². The number of rotatable bonds is 4. The Labute approximate surface area is 148 Å². The van der Waals surface area contributed by atoms with Gasteiger partial charge in [-0.2, -0.15) is 0 Å². The summed E-state index contributed by atoms with van der Waals surface area (Å²) in [4.78, 5) is 15.6. The van der Waals surface area contributed by atoms with E-state index in [-0.39, 0.29) is 17.4 Å². The minimum atomic E-state index is -0.366. The molecule has 0 unspecified atom stereocenters.